The maximum atomic E-state index is 11.2. The number of carboxylic acid groups (broad SMARTS) is 1. The lowest BCUT2D eigenvalue weighted by Crippen LogP contribution is -2.37. The summed E-state index contributed by atoms with van der Waals surface area (Å²) in [5.74, 6) is 2.73. The molecule has 0 bridgehead atoms. The van der Waals surface area contributed by atoms with Gasteiger partial charge in [0.1, 0.15) is 5.69 Å². The fraction of sp³-hybridized carbons (Fsp3) is 0.690. The van der Waals surface area contributed by atoms with Gasteiger partial charge in [0.25, 0.3) is 0 Å². The molecular weight excluding hydrogens is 494 g/mol. The van der Waals surface area contributed by atoms with Crippen molar-refractivity contribution in [1.82, 2.24) is 15.3 Å². The van der Waals surface area contributed by atoms with Crippen LogP contribution in [0.4, 0.5) is 22.1 Å². The monoisotopic (exact) mass is 539 g/mol. The number of amidine groups is 1. The minimum atomic E-state index is -1.33. The number of hydrogen-bond donors (Lipinski definition) is 4. The van der Waals surface area contributed by atoms with Crippen LogP contribution < -0.4 is 15.5 Å². The van der Waals surface area contributed by atoms with E-state index in [1.54, 1.807) is 0 Å². The van der Waals surface area contributed by atoms with Gasteiger partial charge in [0.15, 0.2) is 23.3 Å². The molecule has 0 aromatic carbocycles. The molecule has 4 rings (SSSR count). The predicted molar refractivity (Wildman–Crippen MR) is 156 cm³/mol. The van der Waals surface area contributed by atoms with Gasteiger partial charge in [-0.1, -0.05) is 38.3 Å². The molecule has 0 spiro atoms. The molecule has 0 radical (unpaired) electrons. The molecule has 4 N–H and O–H groups in total. The maximum Gasteiger partial charge on any atom is 0.410 e. The Hall–Kier alpha value is -3.01. The minimum absolute atomic E-state index is 0.0263. The molecule has 10 nitrogen and oxygen atoms in total. The van der Waals surface area contributed by atoms with Gasteiger partial charge < -0.3 is 20.1 Å². The molecule has 2 aliphatic carbocycles. The molecule has 1 amide bonds. The average Bonchev–Trinajstić information content (AvgIpc) is 2.88. The van der Waals surface area contributed by atoms with Crippen molar-refractivity contribution in [3.8, 4) is 0 Å². The number of carbonyl (C=O) groups is 1. The number of rotatable bonds is 11. The molecule has 0 unspecified atom stereocenters. The van der Waals surface area contributed by atoms with Gasteiger partial charge in [0.05, 0.1) is 0 Å². The summed E-state index contributed by atoms with van der Waals surface area (Å²) in [7, 11) is 0. The molecule has 1 atom stereocenters. The van der Waals surface area contributed by atoms with Crippen LogP contribution in [0.2, 0.25) is 0 Å². The van der Waals surface area contributed by atoms with Crippen molar-refractivity contribution in [2.75, 3.05) is 36.5 Å². The second-order valence-electron chi connectivity index (χ2n) is 11.7. The predicted octanol–water partition coefficient (Wildman–Crippen LogP) is 5.62. The highest BCUT2D eigenvalue weighted by Crippen LogP contribution is 2.40. The van der Waals surface area contributed by atoms with E-state index < -0.39 is 11.9 Å². The van der Waals surface area contributed by atoms with Gasteiger partial charge in [0, 0.05) is 32.3 Å². The molecule has 39 heavy (non-hydrogen) atoms. The molecule has 3 fully saturated rings. The third kappa shape index (κ3) is 7.56. The van der Waals surface area contributed by atoms with E-state index in [1.807, 2.05) is 0 Å². The third-order valence-corrected chi connectivity index (χ3v) is 8.82. The van der Waals surface area contributed by atoms with Gasteiger partial charge in [-0.2, -0.15) is 0 Å². The van der Waals surface area contributed by atoms with E-state index in [0.29, 0.717) is 35.9 Å². The summed E-state index contributed by atoms with van der Waals surface area (Å²) in [5.41, 5.74) is 1.93. The number of nitrogens with zero attached hydrogens (tertiary/aromatic N) is 4. The number of aliphatic imine (C=N–C) groups is 1. The average molecular weight is 540 g/mol. The second-order valence-corrected chi connectivity index (χ2v) is 11.7. The highest BCUT2D eigenvalue weighted by Gasteiger charge is 2.31. The van der Waals surface area contributed by atoms with Gasteiger partial charge in [-0.25, -0.2) is 19.8 Å². The van der Waals surface area contributed by atoms with Gasteiger partial charge in [0.2, 0.25) is 0 Å². The quantitative estimate of drug-likeness (QED) is 0.163. The van der Waals surface area contributed by atoms with Crippen molar-refractivity contribution >= 4 is 36.0 Å². The van der Waals surface area contributed by atoms with E-state index in [9.17, 15) is 9.90 Å². The Bertz CT molecular complexity index is 1040. The molecule has 2 saturated carbocycles. The van der Waals surface area contributed by atoms with Crippen molar-refractivity contribution in [3.63, 3.8) is 0 Å². The zero-order valence-corrected chi connectivity index (χ0v) is 23.5. The van der Waals surface area contributed by atoms with E-state index in [4.69, 9.17) is 15.1 Å². The summed E-state index contributed by atoms with van der Waals surface area (Å²) >= 11 is 0. The lowest BCUT2D eigenvalue weighted by Gasteiger charge is -2.37. The van der Waals surface area contributed by atoms with Gasteiger partial charge in [-0.15, -0.1) is 0 Å². The first kappa shape index (κ1) is 29.0. The number of ether oxygens (including phenoxy) is 1. The Kier molecular flexibility index (Phi) is 9.94. The topological polar surface area (TPSA) is 136 Å². The molecule has 3 aliphatic rings. The lowest BCUT2D eigenvalue weighted by molar-refractivity contribution is 0.0755. The SMILES string of the molecule is C=Nc1nc(C(=N)NC(=O)O)nc(N[C@H](C)C2CCC2)c1N(CC(=C)C1CCOCC1)CC1CCC(C)CC1. The molecule has 1 aliphatic heterocycles. The van der Waals surface area contributed by atoms with Crippen LogP contribution in [0.25, 0.3) is 0 Å². The van der Waals surface area contributed by atoms with E-state index >= 15 is 0 Å². The van der Waals surface area contributed by atoms with Gasteiger partial charge in [-0.3, -0.25) is 10.7 Å². The summed E-state index contributed by atoms with van der Waals surface area (Å²) in [6, 6.07) is 0.163. The van der Waals surface area contributed by atoms with Crippen LogP contribution in [0.5, 0.6) is 0 Å². The fourth-order valence-corrected chi connectivity index (χ4v) is 6.03. The Balaban J connectivity index is 1.72. The first-order valence-corrected chi connectivity index (χ1v) is 14.5. The van der Waals surface area contributed by atoms with E-state index in [2.05, 4.69) is 52.7 Å². The molecule has 1 saturated heterocycles. The normalized spacial score (nSPS) is 22.8. The number of nitrogens with one attached hydrogen (secondary N) is 3. The molecule has 1 aromatic heterocycles. The number of aromatic nitrogens is 2. The zero-order valence-electron chi connectivity index (χ0n) is 23.5. The molecular formula is C29H45N7O3. The summed E-state index contributed by atoms with van der Waals surface area (Å²) in [6.45, 7) is 15.8. The van der Waals surface area contributed by atoms with Gasteiger partial charge >= 0.3 is 6.09 Å². The standard InChI is InChI=1S/C29H45N7O3/c1-18-8-10-21(11-9-18)17-36(16-19(2)22-12-14-39-15-13-22)24-26(31-4)34-28(25(30)33-29(37)38)35-27(24)32-20(3)23-6-5-7-23/h18,20-23H,2,4-17H2,1,3H3,(H2,30,33)(H,37,38)(H,32,34,35)/t18?,20-,21?/m1/s1. The minimum Gasteiger partial charge on any atom is -0.465 e. The third-order valence-electron chi connectivity index (χ3n) is 8.82. The molecule has 2 heterocycles. The van der Waals surface area contributed by atoms with Crippen molar-refractivity contribution in [1.29, 1.82) is 5.41 Å². The molecule has 10 heteroatoms. The first-order valence-electron chi connectivity index (χ1n) is 14.5. The van der Waals surface area contributed by atoms with E-state index in [0.717, 1.165) is 57.0 Å². The van der Waals surface area contributed by atoms with Crippen LogP contribution in [0.3, 0.4) is 0 Å². The summed E-state index contributed by atoms with van der Waals surface area (Å²) in [4.78, 5) is 27.1. The van der Waals surface area contributed by atoms with Crippen molar-refractivity contribution in [2.24, 2.45) is 28.7 Å². The zero-order chi connectivity index (χ0) is 27.9. The van der Waals surface area contributed by atoms with Crippen LogP contribution in [-0.4, -0.2) is 66.1 Å². The Labute approximate surface area is 232 Å². The van der Waals surface area contributed by atoms with Gasteiger partial charge in [-0.05, 0) is 75.8 Å². The van der Waals surface area contributed by atoms with Crippen molar-refractivity contribution in [3.05, 3.63) is 18.0 Å². The highest BCUT2D eigenvalue weighted by atomic mass is 16.5. The Morgan fingerprint density at radius 2 is 1.87 bits per heavy atom. The van der Waals surface area contributed by atoms with Crippen LogP contribution in [0.15, 0.2) is 17.1 Å². The molecule has 214 valence electrons. The summed E-state index contributed by atoms with van der Waals surface area (Å²) in [5, 5.41) is 23.1. The maximum absolute atomic E-state index is 11.2. The van der Waals surface area contributed by atoms with Crippen LogP contribution >= 0.6 is 0 Å². The summed E-state index contributed by atoms with van der Waals surface area (Å²) < 4.78 is 5.60. The number of anilines is 2. The van der Waals surface area contributed by atoms with E-state index in [-0.39, 0.29) is 11.9 Å². The fourth-order valence-electron chi connectivity index (χ4n) is 6.03. The van der Waals surface area contributed by atoms with E-state index in [1.165, 1.54) is 37.7 Å². The highest BCUT2D eigenvalue weighted by molar-refractivity contribution is 6.02. The largest absolute Gasteiger partial charge is 0.465 e. The summed E-state index contributed by atoms with van der Waals surface area (Å²) in [6.07, 6.45) is 8.95. The Morgan fingerprint density at radius 3 is 2.46 bits per heavy atom. The number of hydrogen-bond acceptors (Lipinski definition) is 8. The van der Waals surface area contributed by atoms with Crippen LogP contribution in [-0.2, 0) is 4.74 Å². The van der Waals surface area contributed by atoms with Crippen molar-refractivity contribution < 1.29 is 14.6 Å². The smallest absolute Gasteiger partial charge is 0.410 e. The van der Waals surface area contributed by atoms with Crippen molar-refractivity contribution in [2.45, 2.75) is 77.7 Å². The second kappa shape index (κ2) is 13.4. The van der Waals surface area contributed by atoms with Crippen LogP contribution in [0.1, 0.15) is 77.5 Å². The Morgan fingerprint density at radius 1 is 1.18 bits per heavy atom. The van der Waals surface area contributed by atoms with Crippen LogP contribution in [0, 0.1) is 29.1 Å². The first-order chi connectivity index (χ1) is 18.7. The molecule has 1 aromatic rings. The lowest BCUT2D eigenvalue weighted by atomic mass is 9.80. The number of amides is 1.